The van der Waals surface area contributed by atoms with E-state index in [9.17, 15) is 0 Å². The number of thiophene rings is 1. The highest BCUT2D eigenvalue weighted by Crippen LogP contribution is 2.44. The maximum absolute atomic E-state index is 7.03. The first-order chi connectivity index (χ1) is 14.8. The highest BCUT2D eigenvalue weighted by Gasteiger charge is 2.20. The summed E-state index contributed by atoms with van der Waals surface area (Å²) in [6.45, 7) is 0. The molecule has 0 aliphatic carbocycles. The predicted octanol–water partition coefficient (Wildman–Crippen LogP) is 8.62. The molecule has 1 heterocycles. The van der Waals surface area contributed by atoms with Crippen molar-refractivity contribution in [3.05, 3.63) is 125 Å². The summed E-state index contributed by atoms with van der Waals surface area (Å²) in [4.78, 5) is 2.27. The number of para-hydroxylation sites is 1. The molecule has 30 heavy (non-hydrogen) atoms. The molecular weight excluding hydrogens is 406 g/mol. The van der Waals surface area contributed by atoms with Gasteiger partial charge in [0, 0.05) is 21.2 Å². The smallest absolute Gasteiger partial charge is 0.0682 e. The molecule has 0 radical (unpaired) electrons. The molecule has 0 aliphatic rings. The molecule has 4 aromatic carbocycles. The molecule has 5 aromatic rings. The molecule has 0 saturated carbocycles. The van der Waals surface area contributed by atoms with Crippen molar-refractivity contribution < 1.29 is 0 Å². The van der Waals surface area contributed by atoms with Crippen LogP contribution in [-0.4, -0.2) is 0 Å². The average Bonchev–Trinajstić information content (AvgIpc) is 3.22. The fraction of sp³-hybridized carbons (Fsp3) is 0.0370. The van der Waals surface area contributed by atoms with E-state index in [1.165, 1.54) is 15.6 Å². The van der Waals surface area contributed by atoms with Crippen LogP contribution in [0.2, 0.25) is 5.02 Å². The number of benzene rings is 4. The normalized spacial score (nSPS) is 11.0. The number of fused-ring (bicyclic) bond motifs is 1. The first-order valence-corrected chi connectivity index (χ1v) is 11.2. The molecule has 0 fully saturated rings. The van der Waals surface area contributed by atoms with Gasteiger partial charge in [0.15, 0.2) is 0 Å². The zero-order valence-electron chi connectivity index (χ0n) is 16.3. The Bertz CT molecular complexity index is 1280. The third kappa shape index (κ3) is 3.60. The Kier molecular flexibility index (Phi) is 5.27. The van der Waals surface area contributed by atoms with Gasteiger partial charge >= 0.3 is 0 Å². The minimum atomic E-state index is 0.792. The van der Waals surface area contributed by atoms with Crippen molar-refractivity contribution in [1.82, 2.24) is 0 Å². The van der Waals surface area contributed by atoms with Gasteiger partial charge in [-0.3, -0.25) is 0 Å². The molecule has 146 valence electrons. The lowest BCUT2D eigenvalue weighted by Crippen LogP contribution is -2.10. The van der Waals surface area contributed by atoms with Crippen molar-refractivity contribution in [1.29, 1.82) is 0 Å². The Balaban J connectivity index is 1.66. The fourth-order valence-electron chi connectivity index (χ4n) is 3.81. The summed E-state index contributed by atoms with van der Waals surface area (Å²) >= 11 is 8.79. The van der Waals surface area contributed by atoms with Gasteiger partial charge in [-0.2, -0.15) is 0 Å². The van der Waals surface area contributed by atoms with Crippen molar-refractivity contribution in [3.63, 3.8) is 0 Å². The van der Waals surface area contributed by atoms with E-state index < -0.39 is 0 Å². The van der Waals surface area contributed by atoms with Crippen LogP contribution in [0.25, 0.3) is 10.1 Å². The molecule has 1 aromatic heterocycles. The molecular formula is C27H20ClNS. The molecule has 0 atom stereocenters. The fourth-order valence-corrected chi connectivity index (χ4v) is 5.02. The number of rotatable bonds is 5. The maximum Gasteiger partial charge on any atom is 0.0682 e. The number of anilines is 3. The number of halogens is 1. The second kappa shape index (κ2) is 8.35. The average molecular weight is 426 g/mol. The third-order valence-electron chi connectivity index (χ3n) is 5.25. The van der Waals surface area contributed by atoms with E-state index in [1.54, 1.807) is 11.3 Å². The summed E-state index contributed by atoms with van der Waals surface area (Å²) in [6.07, 6.45) is 0.806. The van der Waals surface area contributed by atoms with Gasteiger partial charge in [-0.1, -0.05) is 90.5 Å². The van der Waals surface area contributed by atoms with E-state index in [1.807, 2.05) is 12.1 Å². The first-order valence-electron chi connectivity index (χ1n) is 9.94. The van der Waals surface area contributed by atoms with E-state index >= 15 is 0 Å². The van der Waals surface area contributed by atoms with Crippen LogP contribution in [0.1, 0.15) is 11.1 Å². The highest BCUT2D eigenvalue weighted by atomic mass is 35.5. The van der Waals surface area contributed by atoms with Crippen LogP contribution >= 0.6 is 22.9 Å². The summed E-state index contributed by atoms with van der Waals surface area (Å²) < 4.78 is 1.27. The van der Waals surface area contributed by atoms with Crippen molar-refractivity contribution in [2.45, 2.75) is 6.42 Å². The van der Waals surface area contributed by atoms with Gasteiger partial charge in [-0.25, -0.2) is 0 Å². The van der Waals surface area contributed by atoms with Crippen LogP contribution in [0.15, 0.2) is 109 Å². The molecule has 0 aliphatic heterocycles. The number of hydrogen-bond acceptors (Lipinski definition) is 2. The molecule has 0 bridgehead atoms. The molecule has 0 spiro atoms. The Morgan fingerprint density at radius 3 is 2.17 bits per heavy atom. The molecule has 0 saturated heterocycles. The Hall–Kier alpha value is -3.07. The lowest BCUT2D eigenvalue weighted by atomic mass is 10.0. The molecule has 5 rings (SSSR count). The third-order valence-corrected chi connectivity index (χ3v) is 6.64. The summed E-state index contributed by atoms with van der Waals surface area (Å²) in [5.74, 6) is 0. The minimum absolute atomic E-state index is 0.792. The summed E-state index contributed by atoms with van der Waals surface area (Å²) in [5.41, 5.74) is 5.63. The monoisotopic (exact) mass is 425 g/mol. The number of hydrogen-bond donors (Lipinski definition) is 0. The lowest BCUT2D eigenvalue weighted by Gasteiger charge is -2.26. The largest absolute Gasteiger partial charge is 0.308 e. The Morgan fingerprint density at radius 2 is 1.37 bits per heavy atom. The SMILES string of the molecule is Clc1c(Cc2ccccc2)cccc1N(c1ccccc1)c1csc2ccccc12. The highest BCUT2D eigenvalue weighted by molar-refractivity contribution is 7.17. The molecule has 1 nitrogen and oxygen atoms in total. The summed E-state index contributed by atoms with van der Waals surface area (Å²) in [7, 11) is 0. The minimum Gasteiger partial charge on any atom is -0.308 e. The van der Waals surface area contributed by atoms with Gasteiger partial charge in [0.1, 0.15) is 0 Å². The van der Waals surface area contributed by atoms with Gasteiger partial charge in [-0.15, -0.1) is 11.3 Å². The topological polar surface area (TPSA) is 3.24 Å². The zero-order valence-corrected chi connectivity index (χ0v) is 17.9. The van der Waals surface area contributed by atoms with E-state index in [0.29, 0.717) is 0 Å². The van der Waals surface area contributed by atoms with Gasteiger partial charge in [0.25, 0.3) is 0 Å². The van der Waals surface area contributed by atoms with Crippen LogP contribution < -0.4 is 4.90 Å². The van der Waals surface area contributed by atoms with Crippen LogP contribution in [0.4, 0.5) is 17.1 Å². The van der Waals surface area contributed by atoms with E-state index in [-0.39, 0.29) is 0 Å². The number of nitrogens with zero attached hydrogens (tertiary/aromatic N) is 1. The molecule has 0 amide bonds. The quantitative estimate of drug-likeness (QED) is 0.272. The van der Waals surface area contributed by atoms with Crippen LogP contribution in [0.3, 0.4) is 0 Å². The van der Waals surface area contributed by atoms with Crippen molar-refractivity contribution >= 4 is 50.1 Å². The van der Waals surface area contributed by atoms with Crippen molar-refractivity contribution in [2.75, 3.05) is 4.90 Å². The van der Waals surface area contributed by atoms with E-state index in [2.05, 4.69) is 101 Å². The summed E-state index contributed by atoms with van der Waals surface area (Å²) in [5, 5.41) is 4.24. The van der Waals surface area contributed by atoms with Crippen LogP contribution in [0, 0.1) is 0 Å². The van der Waals surface area contributed by atoms with Crippen molar-refractivity contribution in [2.24, 2.45) is 0 Å². The predicted molar refractivity (Wildman–Crippen MR) is 131 cm³/mol. The van der Waals surface area contributed by atoms with E-state index in [0.717, 1.165) is 34.1 Å². The first kappa shape index (κ1) is 18.9. The van der Waals surface area contributed by atoms with Crippen molar-refractivity contribution in [3.8, 4) is 0 Å². The van der Waals surface area contributed by atoms with Gasteiger partial charge in [-0.05, 0) is 41.8 Å². The Labute approximate surface area is 185 Å². The van der Waals surface area contributed by atoms with Gasteiger partial charge in [0.05, 0.1) is 16.4 Å². The second-order valence-corrected chi connectivity index (χ2v) is 8.49. The lowest BCUT2D eigenvalue weighted by molar-refractivity contribution is 1.18. The maximum atomic E-state index is 7.03. The zero-order chi connectivity index (χ0) is 20.3. The van der Waals surface area contributed by atoms with Gasteiger partial charge in [0.2, 0.25) is 0 Å². The second-order valence-electron chi connectivity index (χ2n) is 7.20. The van der Waals surface area contributed by atoms with Crippen LogP contribution in [-0.2, 0) is 6.42 Å². The standard InChI is InChI=1S/C27H20ClNS/c28-27-21(18-20-10-3-1-4-11-20)12-9-16-24(27)29(22-13-5-2-6-14-22)25-19-30-26-17-8-7-15-23(25)26/h1-17,19H,18H2. The summed E-state index contributed by atoms with van der Waals surface area (Å²) in [6, 6.07) is 35.8. The van der Waals surface area contributed by atoms with Gasteiger partial charge < -0.3 is 4.90 Å². The van der Waals surface area contributed by atoms with Crippen LogP contribution in [0.5, 0.6) is 0 Å². The molecule has 3 heteroatoms. The molecule has 0 unspecified atom stereocenters. The Morgan fingerprint density at radius 1 is 0.667 bits per heavy atom. The van der Waals surface area contributed by atoms with E-state index in [4.69, 9.17) is 11.6 Å². The molecule has 0 N–H and O–H groups in total.